The molecule has 2 aliphatic rings. The molecule has 7 heteroatoms. The first kappa shape index (κ1) is 17.7. The van der Waals surface area contributed by atoms with Crippen LogP contribution in [0, 0.1) is 5.92 Å². The molecule has 1 aliphatic heterocycles. The number of hydrogen-bond donors (Lipinski definition) is 2. The summed E-state index contributed by atoms with van der Waals surface area (Å²) >= 11 is 5.86. The highest BCUT2D eigenvalue weighted by atomic mass is 35.5. The zero-order chi connectivity index (χ0) is 18.0. The van der Waals surface area contributed by atoms with Crippen LogP contribution in [-0.4, -0.2) is 35.0 Å². The van der Waals surface area contributed by atoms with Crippen LogP contribution in [0.4, 0.5) is 5.69 Å². The van der Waals surface area contributed by atoms with E-state index in [-0.39, 0.29) is 24.8 Å². The molecule has 1 aromatic carbocycles. The molecular formula is C18H21ClN2O4. The molecule has 0 unspecified atom stereocenters. The first-order valence-electron chi connectivity index (χ1n) is 8.53. The molecule has 2 fully saturated rings. The van der Waals surface area contributed by atoms with Gasteiger partial charge in [-0.25, -0.2) is 4.79 Å². The van der Waals surface area contributed by atoms with Crippen LogP contribution in [-0.2, 0) is 14.4 Å². The smallest absolute Gasteiger partial charge is 0.329 e. The predicted molar refractivity (Wildman–Crippen MR) is 93.5 cm³/mol. The van der Waals surface area contributed by atoms with E-state index in [9.17, 15) is 19.5 Å². The Balaban J connectivity index is 1.70. The molecule has 1 saturated heterocycles. The van der Waals surface area contributed by atoms with Gasteiger partial charge in [-0.3, -0.25) is 9.59 Å². The first-order chi connectivity index (χ1) is 11.9. The highest BCUT2D eigenvalue weighted by Gasteiger charge is 2.44. The van der Waals surface area contributed by atoms with Crippen LogP contribution in [0.1, 0.15) is 38.5 Å². The van der Waals surface area contributed by atoms with Gasteiger partial charge in [-0.2, -0.15) is 0 Å². The highest BCUT2D eigenvalue weighted by Crippen LogP contribution is 2.31. The first-order valence-corrected chi connectivity index (χ1v) is 8.90. The second kappa shape index (κ2) is 7.04. The van der Waals surface area contributed by atoms with E-state index in [2.05, 4.69) is 5.32 Å². The number of anilines is 1. The molecule has 134 valence electrons. The lowest BCUT2D eigenvalue weighted by molar-refractivity contribution is -0.149. The average molecular weight is 365 g/mol. The van der Waals surface area contributed by atoms with Crippen LogP contribution in [0.25, 0.3) is 0 Å². The van der Waals surface area contributed by atoms with Gasteiger partial charge in [-0.1, -0.05) is 30.9 Å². The molecule has 0 aromatic heterocycles. The highest BCUT2D eigenvalue weighted by molar-refractivity contribution is 6.30. The Labute approximate surface area is 151 Å². The van der Waals surface area contributed by atoms with E-state index in [1.165, 1.54) is 0 Å². The standard InChI is InChI=1S/C18H21ClN2O4/c19-13-4-6-14(7-5-13)21-11-12(10-15(21)22)16(23)20-18(17(24)25)8-2-1-3-9-18/h4-7,12H,1-3,8-11H2,(H,20,23)(H,24,25)/t12-/m0/s1. The normalized spacial score (nSPS) is 22.7. The van der Waals surface area contributed by atoms with Crippen LogP contribution in [0.15, 0.2) is 24.3 Å². The SMILES string of the molecule is O=C(NC1(C(=O)O)CCCCC1)[C@H]1CC(=O)N(c2ccc(Cl)cc2)C1. The number of rotatable bonds is 4. The van der Waals surface area contributed by atoms with E-state index in [1.807, 2.05) is 0 Å². The van der Waals surface area contributed by atoms with Gasteiger partial charge in [0.2, 0.25) is 11.8 Å². The predicted octanol–water partition coefficient (Wildman–Crippen LogP) is 2.60. The summed E-state index contributed by atoms with van der Waals surface area (Å²) in [5.41, 5.74) is -0.498. The Kier molecular flexibility index (Phi) is 4.99. The lowest BCUT2D eigenvalue weighted by Crippen LogP contribution is -2.57. The van der Waals surface area contributed by atoms with Crippen molar-refractivity contribution in [2.45, 2.75) is 44.1 Å². The summed E-state index contributed by atoms with van der Waals surface area (Å²) in [7, 11) is 0. The third-order valence-corrected chi connectivity index (χ3v) is 5.37. The van der Waals surface area contributed by atoms with Gasteiger partial charge in [0.15, 0.2) is 0 Å². The molecule has 1 aliphatic carbocycles. The van der Waals surface area contributed by atoms with Crippen molar-refractivity contribution in [3.63, 3.8) is 0 Å². The zero-order valence-electron chi connectivity index (χ0n) is 13.8. The van der Waals surface area contributed by atoms with Gasteiger partial charge in [0.1, 0.15) is 5.54 Å². The van der Waals surface area contributed by atoms with Crippen LogP contribution < -0.4 is 10.2 Å². The van der Waals surface area contributed by atoms with Gasteiger partial charge in [0.05, 0.1) is 5.92 Å². The van der Waals surface area contributed by atoms with E-state index in [0.717, 1.165) is 19.3 Å². The van der Waals surface area contributed by atoms with Crippen molar-refractivity contribution in [3.05, 3.63) is 29.3 Å². The molecule has 6 nitrogen and oxygen atoms in total. The van der Waals surface area contributed by atoms with Gasteiger partial charge in [0, 0.05) is 23.7 Å². The van der Waals surface area contributed by atoms with Crippen molar-refractivity contribution >= 4 is 35.1 Å². The van der Waals surface area contributed by atoms with Crippen LogP contribution in [0.2, 0.25) is 5.02 Å². The molecule has 1 atom stereocenters. The Morgan fingerprint density at radius 1 is 1.16 bits per heavy atom. The van der Waals surface area contributed by atoms with Crippen LogP contribution in [0.3, 0.4) is 0 Å². The Hall–Kier alpha value is -2.08. The molecule has 1 aromatic rings. The Bertz CT molecular complexity index is 683. The zero-order valence-corrected chi connectivity index (χ0v) is 14.6. The number of nitrogens with one attached hydrogen (secondary N) is 1. The monoisotopic (exact) mass is 364 g/mol. The fraction of sp³-hybridized carbons (Fsp3) is 0.500. The second-order valence-electron chi connectivity index (χ2n) is 6.82. The fourth-order valence-electron chi connectivity index (χ4n) is 3.64. The molecule has 1 heterocycles. The van der Waals surface area contributed by atoms with Crippen LogP contribution in [0.5, 0.6) is 0 Å². The van der Waals surface area contributed by atoms with E-state index in [4.69, 9.17) is 11.6 Å². The number of halogens is 1. The average Bonchev–Trinajstić information content (AvgIpc) is 2.98. The number of aliphatic carboxylic acids is 1. The number of amides is 2. The molecule has 0 spiro atoms. The molecule has 3 rings (SSSR count). The minimum atomic E-state index is -1.19. The maximum atomic E-state index is 12.6. The summed E-state index contributed by atoms with van der Waals surface area (Å²) in [6.45, 7) is 0.252. The lowest BCUT2D eigenvalue weighted by atomic mass is 9.81. The third kappa shape index (κ3) is 3.63. The summed E-state index contributed by atoms with van der Waals surface area (Å²) in [6.07, 6.45) is 3.52. The molecule has 2 N–H and O–H groups in total. The largest absolute Gasteiger partial charge is 0.480 e. The number of benzene rings is 1. The molecule has 0 radical (unpaired) electrons. The van der Waals surface area contributed by atoms with Crippen molar-refractivity contribution < 1.29 is 19.5 Å². The minimum absolute atomic E-state index is 0.0875. The van der Waals surface area contributed by atoms with Crippen molar-refractivity contribution in [2.75, 3.05) is 11.4 Å². The molecule has 0 bridgehead atoms. The van der Waals surface area contributed by atoms with Crippen molar-refractivity contribution in [1.82, 2.24) is 5.32 Å². The van der Waals surface area contributed by atoms with Gasteiger partial charge in [0.25, 0.3) is 0 Å². The Morgan fingerprint density at radius 3 is 2.40 bits per heavy atom. The number of carbonyl (C=O) groups excluding carboxylic acids is 2. The summed E-state index contributed by atoms with van der Waals surface area (Å²) in [4.78, 5) is 38.2. The molecule has 1 saturated carbocycles. The van der Waals surface area contributed by atoms with E-state index < -0.39 is 17.4 Å². The summed E-state index contributed by atoms with van der Waals surface area (Å²) in [6, 6.07) is 6.86. The van der Waals surface area contributed by atoms with Crippen molar-refractivity contribution in [2.24, 2.45) is 5.92 Å². The summed E-state index contributed by atoms with van der Waals surface area (Å²) < 4.78 is 0. The molecular weight excluding hydrogens is 344 g/mol. The van der Waals surface area contributed by atoms with Gasteiger partial charge in [-0.15, -0.1) is 0 Å². The van der Waals surface area contributed by atoms with E-state index in [0.29, 0.717) is 23.6 Å². The van der Waals surface area contributed by atoms with E-state index >= 15 is 0 Å². The van der Waals surface area contributed by atoms with Gasteiger partial charge < -0.3 is 15.3 Å². The number of carboxylic acid groups (broad SMARTS) is 1. The van der Waals surface area contributed by atoms with Gasteiger partial charge in [-0.05, 0) is 37.1 Å². The van der Waals surface area contributed by atoms with Crippen molar-refractivity contribution in [1.29, 1.82) is 0 Å². The van der Waals surface area contributed by atoms with Gasteiger partial charge >= 0.3 is 5.97 Å². The number of carboxylic acids is 1. The topological polar surface area (TPSA) is 86.7 Å². The van der Waals surface area contributed by atoms with Crippen molar-refractivity contribution in [3.8, 4) is 0 Å². The fourth-order valence-corrected chi connectivity index (χ4v) is 3.77. The molecule has 25 heavy (non-hydrogen) atoms. The lowest BCUT2D eigenvalue weighted by Gasteiger charge is -2.34. The molecule has 2 amide bonds. The number of carbonyl (C=O) groups is 3. The van der Waals surface area contributed by atoms with Crippen LogP contribution >= 0.6 is 11.6 Å². The minimum Gasteiger partial charge on any atom is -0.480 e. The maximum Gasteiger partial charge on any atom is 0.329 e. The summed E-state index contributed by atoms with van der Waals surface area (Å²) in [5.74, 6) is -2.02. The van der Waals surface area contributed by atoms with E-state index in [1.54, 1.807) is 29.2 Å². The number of hydrogen-bond acceptors (Lipinski definition) is 3. The number of nitrogens with zero attached hydrogens (tertiary/aromatic N) is 1. The summed E-state index contributed by atoms with van der Waals surface area (Å²) in [5, 5.41) is 12.9. The maximum absolute atomic E-state index is 12.6. The third-order valence-electron chi connectivity index (χ3n) is 5.11. The Morgan fingerprint density at radius 2 is 1.80 bits per heavy atom. The second-order valence-corrected chi connectivity index (χ2v) is 7.26. The quantitative estimate of drug-likeness (QED) is 0.859.